The van der Waals surface area contributed by atoms with Crippen LogP contribution in [0.5, 0.6) is 0 Å². The number of hydrogen-bond donors (Lipinski definition) is 6. The highest BCUT2D eigenvalue weighted by atomic mass is 16.7. The Morgan fingerprint density at radius 3 is 2.21 bits per heavy atom. The minimum absolute atomic E-state index is 0.442. The van der Waals surface area contributed by atoms with Crippen molar-refractivity contribution in [2.75, 3.05) is 13.7 Å². The van der Waals surface area contributed by atoms with Gasteiger partial charge in [0.1, 0.15) is 36.6 Å². The van der Waals surface area contributed by atoms with Crippen LogP contribution in [0.15, 0.2) is 0 Å². The number of carbonyl (C=O) groups excluding carboxylic acids is 1. The largest absolute Gasteiger partial charge is 0.479 e. The molecule has 12 heteroatoms. The summed E-state index contributed by atoms with van der Waals surface area (Å²) < 4.78 is 21.3. The number of amides is 1. The van der Waals surface area contributed by atoms with Gasteiger partial charge in [0.05, 0.1) is 18.8 Å². The van der Waals surface area contributed by atoms with Crippen LogP contribution in [0.3, 0.4) is 0 Å². The summed E-state index contributed by atoms with van der Waals surface area (Å²) in [5.41, 5.74) is 0. The van der Waals surface area contributed by atoms with Gasteiger partial charge >= 0.3 is 5.97 Å². The number of aliphatic carboxylic acids is 1. The predicted octanol–water partition coefficient (Wildman–Crippen LogP) is -3.44. The average Bonchev–Trinajstić information content (AvgIpc) is 2.62. The van der Waals surface area contributed by atoms with Crippen molar-refractivity contribution in [1.82, 2.24) is 5.32 Å². The summed E-state index contributed by atoms with van der Waals surface area (Å²) in [6.45, 7) is 2.30. The van der Waals surface area contributed by atoms with Gasteiger partial charge in [0.15, 0.2) is 12.4 Å². The number of aliphatic hydroxyl groups excluding tert-OH is 4. The maximum absolute atomic E-state index is 11.5. The van der Waals surface area contributed by atoms with E-state index in [2.05, 4.69) is 5.32 Å². The Balaban J connectivity index is 2.28. The van der Waals surface area contributed by atoms with E-state index >= 15 is 0 Å². The maximum atomic E-state index is 11.5. The van der Waals surface area contributed by atoms with Crippen molar-refractivity contribution < 1.29 is 54.1 Å². The molecule has 0 aromatic carbocycles. The normalized spacial score (nSPS) is 44.1. The van der Waals surface area contributed by atoms with Crippen LogP contribution >= 0.6 is 0 Å². The SMILES string of the molecule is COC1C(O)[C@H](OC2C(NC(C)=O)[C@H](C)OC(CO)[C@H]2O)OC(C(=O)O)[C@H]1O. The van der Waals surface area contributed by atoms with Crippen molar-refractivity contribution in [1.29, 1.82) is 0 Å². The first-order valence-corrected chi connectivity index (χ1v) is 8.76. The molecule has 2 aliphatic rings. The lowest BCUT2D eigenvalue weighted by atomic mass is 9.92. The number of methoxy groups -OCH3 is 1. The molecule has 2 saturated heterocycles. The maximum Gasteiger partial charge on any atom is 0.335 e. The molecule has 12 nitrogen and oxygen atoms in total. The molecule has 162 valence electrons. The van der Waals surface area contributed by atoms with Gasteiger partial charge in [0.2, 0.25) is 5.91 Å². The minimum atomic E-state index is -1.75. The highest BCUT2D eigenvalue weighted by Gasteiger charge is 2.52. The van der Waals surface area contributed by atoms with Crippen molar-refractivity contribution in [3.05, 3.63) is 0 Å². The smallest absolute Gasteiger partial charge is 0.335 e. The molecule has 2 aliphatic heterocycles. The van der Waals surface area contributed by atoms with Crippen LogP contribution in [0.2, 0.25) is 0 Å². The minimum Gasteiger partial charge on any atom is -0.479 e. The van der Waals surface area contributed by atoms with Crippen molar-refractivity contribution in [2.24, 2.45) is 0 Å². The van der Waals surface area contributed by atoms with Crippen LogP contribution in [0.1, 0.15) is 13.8 Å². The third-order valence-corrected chi connectivity index (χ3v) is 4.87. The highest BCUT2D eigenvalue weighted by Crippen LogP contribution is 2.30. The lowest BCUT2D eigenvalue weighted by Gasteiger charge is -2.47. The van der Waals surface area contributed by atoms with Gasteiger partial charge in [-0.15, -0.1) is 0 Å². The monoisotopic (exact) mass is 409 g/mol. The molecular weight excluding hydrogens is 382 g/mol. The van der Waals surface area contributed by atoms with Gasteiger partial charge in [-0.1, -0.05) is 0 Å². The van der Waals surface area contributed by atoms with Crippen molar-refractivity contribution in [3.8, 4) is 0 Å². The van der Waals surface area contributed by atoms with E-state index in [-0.39, 0.29) is 0 Å². The number of aliphatic hydroxyl groups is 4. The lowest BCUT2D eigenvalue weighted by molar-refractivity contribution is -0.327. The first-order chi connectivity index (χ1) is 13.1. The number of carbonyl (C=O) groups is 2. The Bertz CT molecular complexity index is 561. The van der Waals surface area contributed by atoms with E-state index in [1.54, 1.807) is 6.92 Å². The van der Waals surface area contributed by atoms with E-state index in [1.807, 2.05) is 0 Å². The number of rotatable bonds is 6. The molecule has 0 radical (unpaired) electrons. The van der Waals surface area contributed by atoms with Gasteiger partial charge in [0.25, 0.3) is 0 Å². The van der Waals surface area contributed by atoms with Gasteiger partial charge in [-0.3, -0.25) is 4.79 Å². The van der Waals surface area contributed by atoms with Crippen LogP contribution in [0.25, 0.3) is 0 Å². The van der Waals surface area contributed by atoms with E-state index in [1.165, 1.54) is 14.0 Å². The Morgan fingerprint density at radius 1 is 1.07 bits per heavy atom. The zero-order valence-corrected chi connectivity index (χ0v) is 15.7. The molecule has 2 fully saturated rings. The van der Waals surface area contributed by atoms with E-state index in [9.17, 15) is 35.1 Å². The summed E-state index contributed by atoms with van der Waals surface area (Å²) in [4.78, 5) is 22.9. The fraction of sp³-hybridized carbons (Fsp3) is 0.875. The quantitative estimate of drug-likeness (QED) is 0.256. The molecular formula is C16H27NO11. The summed E-state index contributed by atoms with van der Waals surface area (Å²) in [5.74, 6) is -1.94. The fourth-order valence-corrected chi connectivity index (χ4v) is 3.47. The molecule has 0 bridgehead atoms. The molecule has 28 heavy (non-hydrogen) atoms. The Labute approximate surface area is 160 Å². The van der Waals surface area contributed by atoms with E-state index in [0.29, 0.717) is 0 Å². The Morgan fingerprint density at radius 2 is 1.71 bits per heavy atom. The zero-order valence-electron chi connectivity index (χ0n) is 15.7. The molecule has 0 spiro atoms. The standard InChI is InChI=1S/C16H27NO11/c1-5-8(17-6(2)19)12(9(20)7(4-18)26-5)27-16-11(22)13(25-3)10(21)14(28-16)15(23)24/h5,7-14,16,18,20-22H,4H2,1-3H3,(H,17,19)(H,23,24)/t5-,7?,8?,9+,10-,11?,12?,13?,14?,16+/m0/s1. The summed E-state index contributed by atoms with van der Waals surface area (Å²) in [7, 11) is 1.17. The molecule has 0 saturated carbocycles. The summed E-state index contributed by atoms with van der Waals surface area (Å²) >= 11 is 0. The number of carboxylic acids is 1. The van der Waals surface area contributed by atoms with Gasteiger partial charge in [0, 0.05) is 14.0 Å². The number of nitrogens with one attached hydrogen (secondary N) is 1. The van der Waals surface area contributed by atoms with Gasteiger partial charge in [-0.25, -0.2) is 4.79 Å². The van der Waals surface area contributed by atoms with Crippen LogP contribution in [-0.4, -0.2) is 112 Å². The molecule has 10 atom stereocenters. The third kappa shape index (κ3) is 4.60. The summed E-state index contributed by atoms with van der Waals surface area (Å²) in [5, 5.41) is 52.1. The molecule has 6 unspecified atom stereocenters. The van der Waals surface area contributed by atoms with E-state index in [4.69, 9.17) is 18.9 Å². The molecule has 0 aliphatic carbocycles. The summed E-state index contributed by atoms with van der Waals surface area (Å²) in [6.07, 6.45) is -12.3. The number of carboxylic acid groups (broad SMARTS) is 1. The Kier molecular flexibility index (Phi) is 7.70. The van der Waals surface area contributed by atoms with Gasteiger partial charge < -0.3 is 49.8 Å². The van der Waals surface area contributed by atoms with Crippen LogP contribution in [-0.2, 0) is 28.5 Å². The predicted molar refractivity (Wildman–Crippen MR) is 89.0 cm³/mol. The lowest BCUT2D eigenvalue weighted by Crippen LogP contribution is -2.67. The van der Waals surface area contributed by atoms with Crippen LogP contribution in [0.4, 0.5) is 0 Å². The highest BCUT2D eigenvalue weighted by molar-refractivity contribution is 5.73. The topological polar surface area (TPSA) is 184 Å². The first kappa shape index (κ1) is 22.9. The second-order valence-electron chi connectivity index (χ2n) is 6.82. The van der Waals surface area contributed by atoms with Crippen LogP contribution in [0, 0.1) is 0 Å². The summed E-state index contributed by atoms with van der Waals surface area (Å²) in [6, 6.07) is -0.887. The van der Waals surface area contributed by atoms with Crippen molar-refractivity contribution in [2.45, 2.75) is 75.0 Å². The molecule has 1 amide bonds. The zero-order chi connectivity index (χ0) is 21.2. The molecule has 2 rings (SSSR count). The van der Waals surface area contributed by atoms with Crippen molar-refractivity contribution in [3.63, 3.8) is 0 Å². The fourth-order valence-electron chi connectivity index (χ4n) is 3.47. The molecule has 2 heterocycles. The first-order valence-electron chi connectivity index (χ1n) is 8.76. The van der Waals surface area contributed by atoms with Crippen molar-refractivity contribution >= 4 is 11.9 Å². The van der Waals surface area contributed by atoms with E-state index in [0.717, 1.165) is 0 Å². The number of hydrogen-bond acceptors (Lipinski definition) is 10. The second kappa shape index (κ2) is 9.41. The van der Waals surface area contributed by atoms with Gasteiger partial charge in [-0.05, 0) is 6.92 Å². The third-order valence-electron chi connectivity index (χ3n) is 4.87. The second-order valence-corrected chi connectivity index (χ2v) is 6.82. The number of ether oxygens (including phenoxy) is 4. The molecule has 0 aromatic rings. The van der Waals surface area contributed by atoms with Gasteiger partial charge in [-0.2, -0.15) is 0 Å². The Hall–Kier alpha value is -1.38. The van der Waals surface area contributed by atoms with Crippen LogP contribution < -0.4 is 5.32 Å². The molecule has 0 aromatic heterocycles. The van der Waals surface area contributed by atoms with E-state index < -0.39 is 79.6 Å². The average molecular weight is 409 g/mol. The molecule has 6 N–H and O–H groups in total.